The average molecular weight is 260 g/mol. The van der Waals surface area contributed by atoms with Crippen LogP contribution in [0.15, 0.2) is 30.3 Å². The van der Waals surface area contributed by atoms with Gasteiger partial charge in [0.1, 0.15) is 5.01 Å². The molecule has 1 aromatic carbocycles. The number of carbonyl (C=O) groups is 1. The molecule has 2 aromatic rings. The molecule has 0 unspecified atom stereocenters. The van der Waals surface area contributed by atoms with Gasteiger partial charge in [-0.25, -0.2) is 4.98 Å². The fourth-order valence-electron chi connectivity index (χ4n) is 1.63. The van der Waals surface area contributed by atoms with Gasteiger partial charge >= 0.3 is 0 Å². The molecule has 0 bridgehead atoms. The highest BCUT2D eigenvalue weighted by atomic mass is 32.1. The number of amides is 1. The number of carbonyl (C=O) groups excluding carboxylic acids is 1. The van der Waals surface area contributed by atoms with Crippen molar-refractivity contribution in [3.8, 4) is 0 Å². The summed E-state index contributed by atoms with van der Waals surface area (Å²) in [4.78, 5) is 17.3. The summed E-state index contributed by atoms with van der Waals surface area (Å²) in [5, 5.41) is 3.86. The lowest BCUT2D eigenvalue weighted by Gasteiger charge is -2.03. The third-order valence-electron chi connectivity index (χ3n) is 2.72. The first-order chi connectivity index (χ1) is 8.65. The quantitative estimate of drug-likeness (QED) is 0.918. The summed E-state index contributed by atoms with van der Waals surface area (Å²) in [6.45, 7) is 4.55. The molecular formula is C14H16N2OS. The first-order valence-corrected chi connectivity index (χ1v) is 6.70. The van der Waals surface area contributed by atoms with E-state index in [1.54, 1.807) is 11.3 Å². The summed E-state index contributed by atoms with van der Waals surface area (Å²) in [6.07, 6.45) is 0.421. The van der Waals surface area contributed by atoms with E-state index in [0.717, 1.165) is 16.3 Å². The third kappa shape index (κ3) is 3.40. The van der Waals surface area contributed by atoms with Gasteiger partial charge in [0.15, 0.2) is 0 Å². The highest BCUT2D eigenvalue weighted by Gasteiger charge is 2.06. The molecule has 0 aliphatic heterocycles. The number of thiazole rings is 1. The second-order valence-electron chi connectivity index (χ2n) is 4.19. The lowest BCUT2D eigenvalue weighted by Crippen LogP contribution is -2.24. The molecule has 0 saturated heterocycles. The summed E-state index contributed by atoms with van der Waals surface area (Å²) >= 11 is 1.64. The first-order valence-electron chi connectivity index (χ1n) is 5.88. The molecule has 18 heavy (non-hydrogen) atoms. The van der Waals surface area contributed by atoms with Crippen LogP contribution in [0.25, 0.3) is 0 Å². The minimum absolute atomic E-state index is 0.0340. The number of rotatable bonds is 4. The minimum Gasteiger partial charge on any atom is -0.349 e. The Hall–Kier alpha value is -1.68. The number of hydrogen-bond donors (Lipinski definition) is 1. The van der Waals surface area contributed by atoms with Gasteiger partial charge in [0.25, 0.3) is 0 Å². The highest BCUT2D eigenvalue weighted by molar-refractivity contribution is 7.11. The average Bonchev–Trinajstić information content (AvgIpc) is 2.68. The second-order valence-corrected chi connectivity index (χ2v) is 5.48. The van der Waals surface area contributed by atoms with E-state index in [-0.39, 0.29) is 5.91 Å². The van der Waals surface area contributed by atoms with Gasteiger partial charge in [0.05, 0.1) is 18.7 Å². The van der Waals surface area contributed by atoms with E-state index in [9.17, 15) is 4.79 Å². The summed E-state index contributed by atoms with van der Waals surface area (Å²) in [7, 11) is 0. The summed E-state index contributed by atoms with van der Waals surface area (Å²) in [6, 6.07) is 9.74. The van der Waals surface area contributed by atoms with Crippen LogP contribution in [0.1, 0.15) is 21.1 Å². The number of hydrogen-bond acceptors (Lipinski definition) is 3. The van der Waals surface area contributed by atoms with Crippen molar-refractivity contribution in [2.75, 3.05) is 0 Å². The van der Waals surface area contributed by atoms with Crippen molar-refractivity contribution in [2.24, 2.45) is 0 Å². The molecule has 0 aliphatic carbocycles. The monoisotopic (exact) mass is 260 g/mol. The Morgan fingerprint density at radius 2 is 2.00 bits per heavy atom. The van der Waals surface area contributed by atoms with E-state index in [0.29, 0.717) is 13.0 Å². The molecule has 0 fully saturated rings. The maximum Gasteiger partial charge on any atom is 0.224 e. The van der Waals surface area contributed by atoms with E-state index < -0.39 is 0 Å². The number of aromatic nitrogens is 1. The summed E-state index contributed by atoms with van der Waals surface area (Å²) in [5.41, 5.74) is 2.08. The van der Waals surface area contributed by atoms with Crippen LogP contribution in [0.2, 0.25) is 0 Å². The van der Waals surface area contributed by atoms with Crippen LogP contribution in [0.4, 0.5) is 0 Å². The van der Waals surface area contributed by atoms with Crippen LogP contribution in [-0.2, 0) is 17.8 Å². The van der Waals surface area contributed by atoms with Gasteiger partial charge < -0.3 is 5.32 Å². The zero-order valence-corrected chi connectivity index (χ0v) is 11.4. The van der Waals surface area contributed by atoms with E-state index in [1.807, 2.05) is 44.2 Å². The molecule has 0 atom stereocenters. The fraction of sp³-hybridized carbons (Fsp3) is 0.286. The van der Waals surface area contributed by atoms with Gasteiger partial charge in [-0.05, 0) is 19.4 Å². The van der Waals surface area contributed by atoms with Crippen LogP contribution in [0, 0.1) is 13.8 Å². The maximum absolute atomic E-state index is 11.7. The SMILES string of the molecule is Cc1nc(CNC(=O)Cc2ccccc2)sc1C. The van der Waals surface area contributed by atoms with Crippen LogP contribution >= 0.6 is 11.3 Å². The van der Waals surface area contributed by atoms with Crippen molar-refractivity contribution in [3.05, 3.63) is 51.5 Å². The van der Waals surface area contributed by atoms with Gasteiger partial charge in [0.2, 0.25) is 5.91 Å². The van der Waals surface area contributed by atoms with E-state index >= 15 is 0 Å². The number of nitrogens with zero attached hydrogens (tertiary/aromatic N) is 1. The lowest BCUT2D eigenvalue weighted by atomic mass is 10.1. The van der Waals surface area contributed by atoms with Crippen molar-refractivity contribution in [3.63, 3.8) is 0 Å². The van der Waals surface area contributed by atoms with Gasteiger partial charge in [-0.15, -0.1) is 11.3 Å². The van der Waals surface area contributed by atoms with E-state index in [2.05, 4.69) is 10.3 Å². The van der Waals surface area contributed by atoms with Gasteiger partial charge in [0, 0.05) is 4.88 Å². The Labute approximate surface area is 111 Å². The topological polar surface area (TPSA) is 42.0 Å². The summed E-state index contributed by atoms with van der Waals surface area (Å²) < 4.78 is 0. The zero-order valence-electron chi connectivity index (χ0n) is 10.6. The second kappa shape index (κ2) is 5.78. The molecule has 0 saturated carbocycles. The van der Waals surface area contributed by atoms with Gasteiger partial charge in [-0.1, -0.05) is 30.3 Å². The normalized spacial score (nSPS) is 10.3. The maximum atomic E-state index is 11.7. The Morgan fingerprint density at radius 3 is 2.61 bits per heavy atom. The number of nitrogens with one attached hydrogen (secondary N) is 1. The van der Waals surface area contributed by atoms with Crippen LogP contribution < -0.4 is 5.32 Å². The molecular weight excluding hydrogens is 244 g/mol. The fourth-order valence-corrected chi connectivity index (χ4v) is 2.51. The van der Waals surface area contributed by atoms with E-state index in [4.69, 9.17) is 0 Å². The van der Waals surface area contributed by atoms with Crippen molar-refractivity contribution in [1.82, 2.24) is 10.3 Å². The predicted molar refractivity (Wildman–Crippen MR) is 73.6 cm³/mol. The van der Waals surface area contributed by atoms with Crippen molar-refractivity contribution in [2.45, 2.75) is 26.8 Å². The molecule has 0 aliphatic rings. The van der Waals surface area contributed by atoms with Crippen molar-refractivity contribution >= 4 is 17.2 Å². The third-order valence-corrected chi connectivity index (χ3v) is 3.79. The Bertz CT molecular complexity index is 514. The number of aryl methyl sites for hydroxylation is 2. The van der Waals surface area contributed by atoms with Crippen LogP contribution in [-0.4, -0.2) is 10.9 Å². The molecule has 1 amide bonds. The zero-order chi connectivity index (χ0) is 13.0. The minimum atomic E-state index is 0.0340. The first kappa shape index (κ1) is 12.8. The van der Waals surface area contributed by atoms with Crippen molar-refractivity contribution < 1.29 is 4.79 Å². The Balaban J connectivity index is 1.85. The molecule has 0 spiro atoms. The number of benzene rings is 1. The molecule has 3 nitrogen and oxygen atoms in total. The smallest absolute Gasteiger partial charge is 0.224 e. The molecule has 1 N–H and O–H groups in total. The molecule has 4 heteroatoms. The molecule has 1 heterocycles. The lowest BCUT2D eigenvalue weighted by molar-refractivity contribution is -0.120. The predicted octanol–water partition coefficient (Wildman–Crippen LogP) is 2.62. The Morgan fingerprint density at radius 1 is 1.28 bits per heavy atom. The summed E-state index contributed by atoms with van der Waals surface area (Å²) in [5.74, 6) is 0.0340. The molecule has 1 aromatic heterocycles. The Kier molecular flexibility index (Phi) is 4.10. The van der Waals surface area contributed by atoms with Gasteiger partial charge in [-0.2, -0.15) is 0 Å². The van der Waals surface area contributed by atoms with Crippen LogP contribution in [0.3, 0.4) is 0 Å². The van der Waals surface area contributed by atoms with Crippen molar-refractivity contribution in [1.29, 1.82) is 0 Å². The van der Waals surface area contributed by atoms with E-state index in [1.165, 1.54) is 4.88 Å². The van der Waals surface area contributed by atoms with Gasteiger partial charge in [-0.3, -0.25) is 4.79 Å². The molecule has 2 rings (SSSR count). The largest absolute Gasteiger partial charge is 0.349 e. The highest BCUT2D eigenvalue weighted by Crippen LogP contribution is 2.15. The molecule has 94 valence electrons. The van der Waals surface area contributed by atoms with Crippen LogP contribution in [0.5, 0.6) is 0 Å². The molecule has 0 radical (unpaired) electrons. The standard InChI is InChI=1S/C14H16N2OS/c1-10-11(2)18-14(16-10)9-15-13(17)8-12-6-4-3-5-7-12/h3-7H,8-9H2,1-2H3,(H,15,17).